The Hall–Kier alpha value is -2.09. The molecule has 2 rings (SSSR count). The Morgan fingerprint density at radius 3 is 2.87 bits per heavy atom. The number of ether oxygens (including phenoxy) is 1. The highest BCUT2D eigenvalue weighted by Gasteiger charge is 2.28. The molecule has 1 fully saturated rings. The molecule has 1 aliphatic rings. The molecule has 128 valence electrons. The average Bonchev–Trinajstić information content (AvgIpc) is 2.93. The van der Waals surface area contributed by atoms with Crippen molar-refractivity contribution in [3.8, 4) is 5.88 Å². The minimum Gasteiger partial charge on any atom is -0.479 e. The van der Waals surface area contributed by atoms with Crippen molar-refractivity contribution in [2.45, 2.75) is 12.8 Å². The molecule has 2 amide bonds. The van der Waals surface area contributed by atoms with Gasteiger partial charge in [-0.15, -0.1) is 0 Å². The molecule has 0 radical (unpaired) electrons. The maximum Gasteiger partial charge on any atom is 0.254 e. The predicted molar refractivity (Wildman–Crippen MR) is 83.0 cm³/mol. The van der Waals surface area contributed by atoms with E-state index in [1.807, 2.05) is 7.05 Å². The lowest BCUT2D eigenvalue weighted by molar-refractivity contribution is -0.132. The van der Waals surface area contributed by atoms with Gasteiger partial charge in [-0.25, -0.2) is 0 Å². The molecule has 2 heterocycles. The summed E-state index contributed by atoms with van der Waals surface area (Å²) < 4.78 is 10.0. The maximum absolute atomic E-state index is 12.4. The standard InChI is InChI=1S/C15H24N4O4/c1-16-15(21)11-9-18(2)6-7-19(10-11)14(20)5-4-12-8-13(22-3)17-23-12/h8,11H,4-7,9-10H2,1-3H3,(H,16,21)/t11-/m0/s1. The van der Waals surface area contributed by atoms with Gasteiger partial charge in [-0.3, -0.25) is 9.59 Å². The molecule has 0 aromatic carbocycles. The van der Waals surface area contributed by atoms with Gasteiger partial charge in [-0.05, 0) is 12.2 Å². The topological polar surface area (TPSA) is 87.9 Å². The lowest BCUT2D eigenvalue weighted by Crippen LogP contribution is -2.41. The lowest BCUT2D eigenvalue weighted by Gasteiger charge is -2.23. The monoisotopic (exact) mass is 324 g/mol. The van der Waals surface area contributed by atoms with E-state index in [2.05, 4.69) is 15.4 Å². The number of carbonyl (C=O) groups excluding carboxylic acids is 2. The van der Waals surface area contributed by atoms with Crippen molar-refractivity contribution < 1.29 is 18.8 Å². The minimum absolute atomic E-state index is 0.0181. The number of likely N-dealkylation sites (N-methyl/N-ethyl adjacent to an activating group) is 1. The highest BCUT2D eigenvalue weighted by atomic mass is 16.5. The number of rotatable bonds is 5. The van der Waals surface area contributed by atoms with Crippen molar-refractivity contribution in [3.05, 3.63) is 11.8 Å². The van der Waals surface area contributed by atoms with Crippen LogP contribution in [-0.2, 0) is 16.0 Å². The summed E-state index contributed by atoms with van der Waals surface area (Å²) in [5.41, 5.74) is 0. The van der Waals surface area contributed by atoms with Gasteiger partial charge in [0.15, 0.2) is 0 Å². The molecule has 1 aromatic heterocycles. The van der Waals surface area contributed by atoms with Crippen molar-refractivity contribution in [2.75, 3.05) is 47.4 Å². The fourth-order valence-corrected chi connectivity index (χ4v) is 2.67. The number of aromatic nitrogens is 1. The molecule has 8 heteroatoms. The van der Waals surface area contributed by atoms with E-state index in [1.165, 1.54) is 7.11 Å². The summed E-state index contributed by atoms with van der Waals surface area (Å²) >= 11 is 0. The van der Waals surface area contributed by atoms with Crippen LogP contribution in [0.25, 0.3) is 0 Å². The summed E-state index contributed by atoms with van der Waals surface area (Å²) in [5.74, 6) is 0.802. The first kappa shape index (κ1) is 17.3. The molecule has 0 aliphatic carbocycles. The van der Waals surface area contributed by atoms with Crippen LogP contribution in [0.2, 0.25) is 0 Å². The Morgan fingerprint density at radius 2 is 2.22 bits per heavy atom. The lowest BCUT2D eigenvalue weighted by atomic mass is 10.1. The van der Waals surface area contributed by atoms with E-state index in [0.29, 0.717) is 44.1 Å². The highest BCUT2D eigenvalue weighted by molar-refractivity contribution is 5.81. The third kappa shape index (κ3) is 4.69. The Morgan fingerprint density at radius 1 is 1.43 bits per heavy atom. The Bertz CT molecular complexity index is 545. The van der Waals surface area contributed by atoms with Crippen LogP contribution in [0.5, 0.6) is 5.88 Å². The van der Waals surface area contributed by atoms with Crippen molar-refractivity contribution in [3.63, 3.8) is 0 Å². The summed E-state index contributed by atoms with van der Waals surface area (Å²) in [5, 5.41) is 6.38. The van der Waals surface area contributed by atoms with Crippen LogP contribution < -0.4 is 10.1 Å². The smallest absolute Gasteiger partial charge is 0.254 e. The predicted octanol–water partition coefficient (Wildman–Crippen LogP) is -0.248. The van der Waals surface area contributed by atoms with Gasteiger partial charge >= 0.3 is 0 Å². The second kappa shape index (κ2) is 7.96. The normalized spacial score (nSPS) is 19.3. The van der Waals surface area contributed by atoms with Crippen LogP contribution in [-0.4, -0.2) is 74.2 Å². The number of nitrogens with one attached hydrogen (secondary N) is 1. The van der Waals surface area contributed by atoms with E-state index in [0.717, 1.165) is 6.54 Å². The van der Waals surface area contributed by atoms with Crippen molar-refractivity contribution in [1.82, 2.24) is 20.3 Å². The van der Waals surface area contributed by atoms with Crippen molar-refractivity contribution in [1.29, 1.82) is 0 Å². The molecule has 23 heavy (non-hydrogen) atoms. The first-order chi connectivity index (χ1) is 11.0. The quantitative estimate of drug-likeness (QED) is 0.804. The first-order valence-electron chi connectivity index (χ1n) is 7.71. The second-order valence-corrected chi connectivity index (χ2v) is 5.75. The summed E-state index contributed by atoms with van der Waals surface area (Å²) in [6, 6.07) is 1.68. The molecular formula is C15H24N4O4. The fourth-order valence-electron chi connectivity index (χ4n) is 2.67. The SMILES string of the molecule is CNC(=O)[C@H]1CN(C)CCN(C(=O)CCc2cc(OC)no2)C1. The van der Waals surface area contributed by atoms with Gasteiger partial charge in [0.2, 0.25) is 11.8 Å². The number of aryl methyl sites for hydroxylation is 1. The molecule has 0 spiro atoms. The summed E-state index contributed by atoms with van der Waals surface area (Å²) in [7, 11) is 5.10. The largest absolute Gasteiger partial charge is 0.479 e. The molecule has 1 atom stereocenters. The summed E-state index contributed by atoms with van der Waals surface area (Å²) in [6.45, 7) is 2.49. The number of hydrogen-bond acceptors (Lipinski definition) is 6. The van der Waals surface area contributed by atoms with E-state index in [9.17, 15) is 9.59 Å². The molecule has 1 aliphatic heterocycles. The number of nitrogens with zero attached hydrogens (tertiary/aromatic N) is 3. The van der Waals surface area contributed by atoms with Gasteiger partial charge in [-0.2, -0.15) is 0 Å². The Balaban J connectivity index is 1.92. The fraction of sp³-hybridized carbons (Fsp3) is 0.667. The molecule has 0 bridgehead atoms. The van der Waals surface area contributed by atoms with E-state index in [1.54, 1.807) is 18.0 Å². The third-order valence-corrected chi connectivity index (χ3v) is 4.03. The zero-order valence-corrected chi connectivity index (χ0v) is 13.9. The van der Waals surface area contributed by atoms with E-state index < -0.39 is 0 Å². The molecule has 8 nitrogen and oxygen atoms in total. The molecular weight excluding hydrogens is 300 g/mol. The molecule has 1 N–H and O–H groups in total. The molecule has 0 saturated carbocycles. The van der Waals surface area contributed by atoms with E-state index >= 15 is 0 Å². The van der Waals surface area contributed by atoms with Gasteiger partial charge in [0.1, 0.15) is 5.76 Å². The van der Waals surface area contributed by atoms with Gasteiger partial charge in [0.25, 0.3) is 5.88 Å². The van der Waals surface area contributed by atoms with E-state index in [-0.39, 0.29) is 17.7 Å². The Kier molecular flexibility index (Phi) is 5.97. The van der Waals surface area contributed by atoms with Gasteiger partial charge in [-0.1, -0.05) is 0 Å². The third-order valence-electron chi connectivity index (χ3n) is 4.03. The average molecular weight is 324 g/mol. The highest BCUT2D eigenvalue weighted by Crippen LogP contribution is 2.14. The Labute approximate surface area is 135 Å². The van der Waals surface area contributed by atoms with Crippen LogP contribution >= 0.6 is 0 Å². The van der Waals surface area contributed by atoms with Gasteiger partial charge < -0.3 is 24.4 Å². The summed E-state index contributed by atoms with van der Waals surface area (Å²) in [6.07, 6.45) is 0.786. The minimum atomic E-state index is -0.207. The van der Waals surface area contributed by atoms with Crippen LogP contribution in [0.1, 0.15) is 12.2 Å². The molecule has 0 unspecified atom stereocenters. The van der Waals surface area contributed by atoms with Crippen molar-refractivity contribution >= 4 is 11.8 Å². The van der Waals surface area contributed by atoms with Crippen LogP contribution in [0.4, 0.5) is 0 Å². The second-order valence-electron chi connectivity index (χ2n) is 5.75. The van der Waals surface area contributed by atoms with Crippen molar-refractivity contribution in [2.24, 2.45) is 5.92 Å². The van der Waals surface area contributed by atoms with Crippen LogP contribution in [0, 0.1) is 5.92 Å². The number of carbonyl (C=O) groups is 2. The van der Waals surface area contributed by atoms with Gasteiger partial charge in [0.05, 0.1) is 13.0 Å². The van der Waals surface area contributed by atoms with Crippen LogP contribution in [0.15, 0.2) is 10.6 Å². The number of methoxy groups -OCH3 is 1. The summed E-state index contributed by atoms with van der Waals surface area (Å²) in [4.78, 5) is 28.2. The van der Waals surface area contributed by atoms with Crippen LogP contribution in [0.3, 0.4) is 0 Å². The first-order valence-corrected chi connectivity index (χ1v) is 7.71. The number of amides is 2. The van der Waals surface area contributed by atoms with Gasteiger partial charge in [0, 0.05) is 52.1 Å². The number of hydrogen-bond donors (Lipinski definition) is 1. The zero-order valence-electron chi connectivity index (χ0n) is 13.9. The van der Waals surface area contributed by atoms with E-state index in [4.69, 9.17) is 9.26 Å². The molecule has 1 aromatic rings. The zero-order chi connectivity index (χ0) is 16.8. The maximum atomic E-state index is 12.4. The molecule has 1 saturated heterocycles.